The number of fused-ring (bicyclic) bond motifs is 1. The third-order valence-electron chi connectivity index (χ3n) is 3.39. The molecule has 0 saturated heterocycles. The Hall–Kier alpha value is -1.61. The zero-order valence-corrected chi connectivity index (χ0v) is 9.97. The summed E-state index contributed by atoms with van der Waals surface area (Å²) in [5.74, 6) is 0. The van der Waals surface area contributed by atoms with Crippen molar-refractivity contribution in [3.05, 3.63) is 53.6 Å². The number of aromatic nitrogens is 2. The van der Waals surface area contributed by atoms with E-state index in [1.54, 1.807) is 0 Å². The van der Waals surface area contributed by atoms with Crippen LogP contribution >= 0.6 is 0 Å². The van der Waals surface area contributed by atoms with Crippen LogP contribution in [0.3, 0.4) is 0 Å². The average Bonchev–Trinajstić information content (AvgIpc) is 2.86. The second-order valence-corrected chi connectivity index (χ2v) is 4.38. The van der Waals surface area contributed by atoms with Crippen molar-refractivity contribution in [2.75, 3.05) is 6.61 Å². The number of ether oxygens (including phenoxy) is 1. The zero-order valence-electron chi connectivity index (χ0n) is 9.97. The molecular weight excluding hydrogens is 212 g/mol. The minimum atomic E-state index is 0.275. The summed E-state index contributed by atoms with van der Waals surface area (Å²) in [6.45, 7) is 3.62. The van der Waals surface area contributed by atoms with Crippen LogP contribution in [0.5, 0.6) is 0 Å². The van der Waals surface area contributed by atoms with Crippen LogP contribution in [0.25, 0.3) is 0 Å². The van der Waals surface area contributed by atoms with Crippen molar-refractivity contribution in [1.29, 1.82) is 0 Å². The molecule has 3 nitrogen and oxygen atoms in total. The maximum Gasteiger partial charge on any atom is 0.0954 e. The lowest BCUT2D eigenvalue weighted by atomic mass is 9.99. The average molecular weight is 228 g/mol. The first-order chi connectivity index (χ1) is 8.40. The third kappa shape index (κ3) is 1.76. The Bertz CT molecular complexity index is 518. The molecule has 0 fully saturated rings. The predicted molar refractivity (Wildman–Crippen MR) is 65.8 cm³/mol. The Labute approximate surface area is 101 Å². The van der Waals surface area contributed by atoms with E-state index in [9.17, 15) is 0 Å². The lowest BCUT2D eigenvalue weighted by Gasteiger charge is -2.27. The van der Waals surface area contributed by atoms with Gasteiger partial charge in [0.1, 0.15) is 0 Å². The van der Waals surface area contributed by atoms with Crippen molar-refractivity contribution in [3.8, 4) is 0 Å². The van der Waals surface area contributed by atoms with Gasteiger partial charge in [0.2, 0.25) is 0 Å². The number of nitrogens with zero attached hydrogens (tertiary/aromatic N) is 2. The largest absolute Gasteiger partial charge is 0.374 e. The van der Waals surface area contributed by atoms with Gasteiger partial charge in [-0.15, -0.1) is 0 Å². The van der Waals surface area contributed by atoms with E-state index in [2.05, 4.69) is 40.7 Å². The molecule has 1 atom stereocenters. The molecule has 3 heteroatoms. The van der Waals surface area contributed by atoms with Crippen molar-refractivity contribution < 1.29 is 4.74 Å². The van der Waals surface area contributed by atoms with E-state index in [0.717, 1.165) is 19.6 Å². The van der Waals surface area contributed by atoms with E-state index >= 15 is 0 Å². The van der Waals surface area contributed by atoms with Crippen molar-refractivity contribution in [2.24, 2.45) is 0 Å². The smallest absolute Gasteiger partial charge is 0.0954 e. The maximum absolute atomic E-state index is 5.68. The molecule has 88 valence electrons. The van der Waals surface area contributed by atoms with Crippen molar-refractivity contribution in [3.63, 3.8) is 0 Å². The first-order valence-corrected chi connectivity index (χ1v) is 6.06. The number of hydrogen-bond donors (Lipinski definition) is 0. The molecule has 3 rings (SSSR count). The molecule has 1 aliphatic heterocycles. The minimum absolute atomic E-state index is 0.275. The van der Waals surface area contributed by atoms with E-state index in [1.165, 1.54) is 16.8 Å². The van der Waals surface area contributed by atoms with Crippen molar-refractivity contribution >= 4 is 0 Å². The van der Waals surface area contributed by atoms with E-state index < -0.39 is 0 Å². The van der Waals surface area contributed by atoms with Gasteiger partial charge in [-0.2, -0.15) is 0 Å². The van der Waals surface area contributed by atoms with Crippen molar-refractivity contribution in [2.45, 2.75) is 26.0 Å². The Morgan fingerprint density at radius 3 is 3.18 bits per heavy atom. The molecule has 2 heterocycles. The SMILES string of the molecule is CCc1cncn1C1COCc2ccccc21. The molecule has 0 saturated carbocycles. The van der Waals surface area contributed by atoms with Gasteiger partial charge in [0.05, 0.1) is 25.6 Å². The van der Waals surface area contributed by atoms with Gasteiger partial charge < -0.3 is 9.30 Å². The lowest BCUT2D eigenvalue weighted by molar-refractivity contribution is 0.0830. The van der Waals surface area contributed by atoms with Crippen LogP contribution in [0, 0.1) is 0 Å². The number of imidazole rings is 1. The second-order valence-electron chi connectivity index (χ2n) is 4.38. The summed E-state index contributed by atoms with van der Waals surface area (Å²) in [6.07, 6.45) is 4.85. The maximum atomic E-state index is 5.68. The molecule has 0 spiro atoms. The molecular formula is C14H16N2O. The number of hydrogen-bond acceptors (Lipinski definition) is 2. The van der Waals surface area contributed by atoms with E-state index in [1.807, 2.05) is 12.5 Å². The molecule has 0 amide bonds. The molecule has 1 aromatic carbocycles. The lowest BCUT2D eigenvalue weighted by Crippen LogP contribution is -2.23. The molecule has 17 heavy (non-hydrogen) atoms. The molecule has 0 radical (unpaired) electrons. The number of benzene rings is 1. The van der Waals surface area contributed by atoms with Crippen LogP contribution in [0.2, 0.25) is 0 Å². The highest BCUT2D eigenvalue weighted by Crippen LogP contribution is 2.28. The predicted octanol–water partition coefficient (Wildman–Crippen LogP) is 2.57. The fraction of sp³-hybridized carbons (Fsp3) is 0.357. The molecule has 0 aliphatic carbocycles. The van der Waals surface area contributed by atoms with Crippen molar-refractivity contribution in [1.82, 2.24) is 9.55 Å². The van der Waals surface area contributed by atoms with Crippen LogP contribution in [-0.2, 0) is 17.8 Å². The van der Waals surface area contributed by atoms with Crippen LogP contribution < -0.4 is 0 Å². The zero-order chi connectivity index (χ0) is 11.7. The first kappa shape index (κ1) is 10.5. The number of aryl methyl sites for hydroxylation is 1. The van der Waals surface area contributed by atoms with Gasteiger partial charge >= 0.3 is 0 Å². The van der Waals surface area contributed by atoms with E-state index in [0.29, 0.717) is 0 Å². The van der Waals surface area contributed by atoms with Gasteiger partial charge in [0.25, 0.3) is 0 Å². The summed E-state index contributed by atoms with van der Waals surface area (Å²) in [4.78, 5) is 4.25. The Balaban J connectivity index is 2.06. The Morgan fingerprint density at radius 2 is 2.29 bits per heavy atom. The summed E-state index contributed by atoms with van der Waals surface area (Å²) in [5.41, 5.74) is 3.92. The summed E-state index contributed by atoms with van der Waals surface area (Å²) in [6, 6.07) is 8.78. The van der Waals surface area contributed by atoms with Crippen LogP contribution in [0.1, 0.15) is 29.8 Å². The van der Waals surface area contributed by atoms with E-state index in [4.69, 9.17) is 4.74 Å². The van der Waals surface area contributed by atoms with Gasteiger partial charge in [-0.1, -0.05) is 31.2 Å². The fourth-order valence-corrected chi connectivity index (χ4v) is 2.48. The first-order valence-electron chi connectivity index (χ1n) is 6.06. The minimum Gasteiger partial charge on any atom is -0.374 e. The molecule has 2 aromatic rings. The molecule has 0 N–H and O–H groups in total. The molecule has 1 aromatic heterocycles. The summed E-state index contributed by atoms with van der Waals surface area (Å²) < 4.78 is 7.92. The second kappa shape index (κ2) is 4.34. The monoisotopic (exact) mass is 228 g/mol. The fourth-order valence-electron chi connectivity index (χ4n) is 2.48. The van der Waals surface area contributed by atoms with E-state index in [-0.39, 0.29) is 6.04 Å². The van der Waals surface area contributed by atoms with Gasteiger partial charge in [-0.3, -0.25) is 0 Å². The van der Waals surface area contributed by atoms with Crippen LogP contribution in [0.15, 0.2) is 36.8 Å². The van der Waals surface area contributed by atoms with Gasteiger partial charge in [-0.25, -0.2) is 4.98 Å². The molecule has 1 aliphatic rings. The third-order valence-corrected chi connectivity index (χ3v) is 3.39. The van der Waals surface area contributed by atoms with Gasteiger partial charge in [0.15, 0.2) is 0 Å². The Morgan fingerprint density at radius 1 is 1.41 bits per heavy atom. The topological polar surface area (TPSA) is 27.1 Å². The van der Waals surface area contributed by atoms with Crippen LogP contribution in [0.4, 0.5) is 0 Å². The Kier molecular flexibility index (Phi) is 2.69. The van der Waals surface area contributed by atoms with Gasteiger partial charge in [-0.05, 0) is 17.5 Å². The van der Waals surface area contributed by atoms with Crippen LogP contribution in [-0.4, -0.2) is 16.2 Å². The highest BCUT2D eigenvalue weighted by atomic mass is 16.5. The molecule has 0 bridgehead atoms. The number of rotatable bonds is 2. The highest BCUT2D eigenvalue weighted by Gasteiger charge is 2.22. The summed E-state index contributed by atoms with van der Waals surface area (Å²) in [5, 5.41) is 0. The summed E-state index contributed by atoms with van der Waals surface area (Å²) >= 11 is 0. The molecule has 1 unspecified atom stereocenters. The summed E-state index contributed by atoms with van der Waals surface area (Å²) in [7, 11) is 0. The quantitative estimate of drug-likeness (QED) is 0.790. The normalized spacial score (nSPS) is 19.0. The van der Waals surface area contributed by atoms with Gasteiger partial charge in [0, 0.05) is 11.9 Å². The standard InChI is InChI=1S/C14H16N2O/c1-2-12-7-15-10-16(12)14-9-17-8-11-5-3-4-6-13(11)14/h3-7,10,14H,2,8-9H2,1H3. The highest BCUT2D eigenvalue weighted by molar-refractivity contribution is 5.32.